The molecule has 0 spiro atoms. The third-order valence-electron chi connectivity index (χ3n) is 3.91. The number of rotatable bonds is 0. The van der Waals surface area contributed by atoms with Crippen molar-refractivity contribution in [2.24, 2.45) is 17.3 Å². The minimum Gasteiger partial charge on any atom is -0.382 e. The number of ketones is 1. The van der Waals surface area contributed by atoms with Gasteiger partial charge >= 0.3 is 0 Å². The van der Waals surface area contributed by atoms with Gasteiger partial charge in [-0.05, 0) is 30.6 Å². The summed E-state index contributed by atoms with van der Waals surface area (Å²) in [5.41, 5.74) is -0.731. The molecule has 0 aromatic heterocycles. The second-order valence-corrected chi connectivity index (χ2v) is 5.14. The van der Waals surface area contributed by atoms with Crippen molar-refractivity contribution < 1.29 is 9.90 Å². The lowest BCUT2D eigenvalue weighted by molar-refractivity contribution is -0.139. The molecule has 2 nitrogen and oxygen atoms in total. The Morgan fingerprint density at radius 3 is 2.42 bits per heavy atom. The number of carbonyl (C=O) groups excluding carboxylic acids is 1. The third-order valence-corrected chi connectivity index (χ3v) is 3.91. The molecule has 2 aliphatic carbocycles. The molecular weight excluding hydrogens is 152 g/mol. The summed E-state index contributed by atoms with van der Waals surface area (Å²) in [6, 6.07) is 0. The monoisotopic (exact) mass is 168 g/mol. The zero-order chi connectivity index (χ0) is 9.15. The standard InChI is InChI=1S/C10H16O2/c1-9(2)6-4-8(11)10(3,12)5-7(6)9/h6-7,12H,4-5H2,1-3H3/t6-,7-,10-/m1/s1. The first-order valence-corrected chi connectivity index (χ1v) is 4.61. The average Bonchev–Trinajstić information content (AvgIpc) is 2.37. The first-order chi connectivity index (χ1) is 5.36. The van der Waals surface area contributed by atoms with E-state index in [-0.39, 0.29) is 5.78 Å². The van der Waals surface area contributed by atoms with Gasteiger partial charge in [0, 0.05) is 6.42 Å². The Balaban J connectivity index is 2.19. The normalized spacial score (nSPS) is 50.2. The van der Waals surface area contributed by atoms with E-state index in [1.54, 1.807) is 6.92 Å². The Kier molecular flexibility index (Phi) is 1.32. The van der Waals surface area contributed by atoms with E-state index in [0.717, 1.165) is 0 Å². The van der Waals surface area contributed by atoms with Crippen LogP contribution in [0.25, 0.3) is 0 Å². The maximum Gasteiger partial charge on any atom is 0.164 e. The maximum atomic E-state index is 11.4. The molecule has 0 aromatic carbocycles. The highest BCUT2D eigenvalue weighted by Crippen LogP contribution is 2.65. The molecule has 0 aliphatic heterocycles. The lowest BCUT2D eigenvalue weighted by Gasteiger charge is -2.25. The summed E-state index contributed by atoms with van der Waals surface area (Å²) >= 11 is 0. The van der Waals surface area contributed by atoms with Crippen molar-refractivity contribution >= 4 is 5.78 Å². The quantitative estimate of drug-likeness (QED) is 0.593. The SMILES string of the molecule is CC1(C)[C@@H]2CC(=O)[C@](C)(O)C[C@H]21. The van der Waals surface area contributed by atoms with Gasteiger partial charge in [-0.15, -0.1) is 0 Å². The van der Waals surface area contributed by atoms with Crippen molar-refractivity contribution in [2.45, 2.75) is 39.2 Å². The van der Waals surface area contributed by atoms with E-state index < -0.39 is 5.60 Å². The van der Waals surface area contributed by atoms with E-state index in [0.29, 0.717) is 30.1 Å². The predicted molar refractivity (Wildman–Crippen MR) is 45.6 cm³/mol. The fraction of sp³-hybridized carbons (Fsp3) is 0.900. The van der Waals surface area contributed by atoms with Crippen LogP contribution in [-0.2, 0) is 4.79 Å². The second kappa shape index (κ2) is 1.92. The number of fused-ring (bicyclic) bond motifs is 1. The van der Waals surface area contributed by atoms with Crippen LogP contribution in [0.15, 0.2) is 0 Å². The molecule has 2 aliphatic rings. The van der Waals surface area contributed by atoms with Crippen LogP contribution in [0.5, 0.6) is 0 Å². The average molecular weight is 168 g/mol. The molecule has 68 valence electrons. The van der Waals surface area contributed by atoms with Crippen molar-refractivity contribution in [2.75, 3.05) is 0 Å². The van der Waals surface area contributed by atoms with Crippen molar-refractivity contribution in [3.8, 4) is 0 Å². The Labute approximate surface area is 73.0 Å². The molecule has 0 saturated heterocycles. The van der Waals surface area contributed by atoms with E-state index in [1.165, 1.54) is 0 Å². The van der Waals surface area contributed by atoms with E-state index in [4.69, 9.17) is 0 Å². The van der Waals surface area contributed by atoms with Gasteiger partial charge in [-0.2, -0.15) is 0 Å². The van der Waals surface area contributed by atoms with Crippen molar-refractivity contribution in [3.63, 3.8) is 0 Å². The maximum absolute atomic E-state index is 11.4. The summed E-state index contributed by atoms with van der Waals surface area (Å²) in [7, 11) is 0. The lowest BCUT2D eigenvalue weighted by atomic mass is 9.85. The van der Waals surface area contributed by atoms with Crippen LogP contribution in [-0.4, -0.2) is 16.5 Å². The van der Waals surface area contributed by atoms with Crippen LogP contribution in [0, 0.1) is 17.3 Å². The molecule has 0 aromatic rings. The van der Waals surface area contributed by atoms with Crippen LogP contribution in [0.4, 0.5) is 0 Å². The molecule has 2 rings (SSSR count). The highest BCUT2D eigenvalue weighted by Gasteiger charge is 2.63. The summed E-state index contributed by atoms with van der Waals surface area (Å²) in [6.07, 6.45) is 1.26. The fourth-order valence-corrected chi connectivity index (χ4v) is 2.63. The summed E-state index contributed by atoms with van der Waals surface area (Å²) in [4.78, 5) is 11.4. The lowest BCUT2D eigenvalue weighted by Crippen LogP contribution is -2.38. The smallest absolute Gasteiger partial charge is 0.164 e. The van der Waals surface area contributed by atoms with E-state index >= 15 is 0 Å². The largest absolute Gasteiger partial charge is 0.382 e. The predicted octanol–water partition coefficient (Wildman–Crippen LogP) is 1.37. The van der Waals surface area contributed by atoms with Gasteiger partial charge in [-0.25, -0.2) is 0 Å². The van der Waals surface area contributed by atoms with Crippen LogP contribution >= 0.6 is 0 Å². The summed E-state index contributed by atoms with van der Waals surface area (Å²) in [5, 5.41) is 9.72. The molecule has 1 N–H and O–H groups in total. The molecule has 2 saturated carbocycles. The Morgan fingerprint density at radius 1 is 1.33 bits per heavy atom. The van der Waals surface area contributed by atoms with Crippen LogP contribution in [0.1, 0.15) is 33.6 Å². The van der Waals surface area contributed by atoms with Crippen molar-refractivity contribution in [3.05, 3.63) is 0 Å². The molecular formula is C10H16O2. The highest BCUT2D eigenvalue weighted by molar-refractivity contribution is 5.88. The molecule has 0 amide bonds. The molecule has 3 atom stereocenters. The Hall–Kier alpha value is -0.370. The van der Waals surface area contributed by atoms with Crippen LogP contribution in [0.2, 0.25) is 0 Å². The second-order valence-electron chi connectivity index (χ2n) is 5.14. The Morgan fingerprint density at radius 2 is 1.92 bits per heavy atom. The summed E-state index contributed by atoms with van der Waals surface area (Å²) in [5.74, 6) is 1.16. The van der Waals surface area contributed by atoms with Crippen molar-refractivity contribution in [1.29, 1.82) is 0 Å². The van der Waals surface area contributed by atoms with E-state index in [2.05, 4.69) is 13.8 Å². The van der Waals surface area contributed by atoms with Gasteiger partial charge in [0.2, 0.25) is 0 Å². The minimum absolute atomic E-state index is 0.0364. The number of hydrogen-bond acceptors (Lipinski definition) is 2. The summed E-state index contributed by atoms with van der Waals surface area (Å²) in [6.45, 7) is 6.04. The van der Waals surface area contributed by atoms with E-state index in [9.17, 15) is 9.90 Å². The molecule has 2 fully saturated rings. The van der Waals surface area contributed by atoms with Gasteiger partial charge in [0.25, 0.3) is 0 Å². The van der Waals surface area contributed by atoms with Gasteiger partial charge in [-0.1, -0.05) is 13.8 Å². The molecule has 0 radical (unpaired) electrons. The number of Topliss-reactive ketones (excluding diaryl/α,β-unsaturated/α-hetero) is 1. The fourth-order valence-electron chi connectivity index (χ4n) is 2.63. The molecule has 0 unspecified atom stereocenters. The van der Waals surface area contributed by atoms with Crippen molar-refractivity contribution in [1.82, 2.24) is 0 Å². The zero-order valence-electron chi connectivity index (χ0n) is 7.92. The van der Waals surface area contributed by atoms with Gasteiger partial charge < -0.3 is 5.11 Å². The topological polar surface area (TPSA) is 37.3 Å². The summed E-state index contributed by atoms with van der Waals surface area (Å²) < 4.78 is 0. The van der Waals surface area contributed by atoms with Crippen LogP contribution in [0.3, 0.4) is 0 Å². The molecule has 0 bridgehead atoms. The van der Waals surface area contributed by atoms with Crippen LogP contribution < -0.4 is 0 Å². The molecule has 2 heteroatoms. The number of aliphatic hydroxyl groups is 1. The molecule has 0 heterocycles. The molecule has 12 heavy (non-hydrogen) atoms. The van der Waals surface area contributed by atoms with Gasteiger partial charge in [-0.3, -0.25) is 4.79 Å². The van der Waals surface area contributed by atoms with Gasteiger partial charge in [0.05, 0.1) is 0 Å². The Bertz CT molecular complexity index is 240. The first kappa shape index (κ1) is 8.24. The minimum atomic E-state index is -1.03. The third kappa shape index (κ3) is 0.875. The first-order valence-electron chi connectivity index (χ1n) is 4.61. The van der Waals surface area contributed by atoms with Gasteiger partial charge in [0.15, 0.2) is 5.78 Å². The number of hydrogen-bond donors (Lipinski definition) is 1. The van der Waals surface area contributed by atoms with Gasteiger partial charge in [0.1, 0.15) is 5.60 Å². The van der Waals surface area contributed by atoms with E-state index in [1.807, 2.05) is 0 Å². The zero-order valence-corrected chi connectivity index (χ0v) is 7.92. The number of carbonyl (C=O) groups is 1. The highest BCUT2D eigenvalue weighted by atomic mass is 16.3.